The molecule has 0 atom stereocenters. The molecular formula is C37H38N6O2. The van der Waals surface area contributed by atoms with E-state index in [1.54, 1.807) is 24.3 Å². The minimum atomic E-state index is -0.533. The maximum absolute atomic E-state index is 10.8. The summed E-state index contributed by atoms with van der Waals surface area (Å²) >= 11 is 0. The molecule has 0 spiro atoms. The molecule has 4 aromatic rings. The molecule has 228 valence electrons. The molecule has 2 amide bonds. The Morgan fingerprint density at radius 3 is 1.22 bits per heavy atom. The molecule has 0 fully saturated rings. The van der Waals surface area contributed by atoms with Crippen LogP contribution in [0, 0.1) is 28.1 Å². The van der Waals surface area contributed by atoms with Crippen molar-refractivity contribution in [2.24, 2.45) is 28.3 Å². The van der Waals surface area contributed by atoms with E-state index in [9.17, 15) is 20.1 Å². The predicted molar refractivity (Wildman–Crippen MR) is 181 cm³/mol. The maximum Gasteiger partial charge on any atom is 0.241 e. The molecule has 0 aliphatic rings. The lowest BCUT2D eigenvalue weighted by Gasteiger charge is -2.22. The first-order valence-corrected chi connectivity index (χ1v) is 14.0. The van der Waals surface area contributed by atoms with Crippen LogP contribution in [0.3, 0.4) is 0 Å². The molecule has 4 rings (SSSR count). The van der Waals surface area contributed by atoms with Crippen molar-refractivity contribution in [1.29, 1.82) is 10.5 Å². The number of benzene rings is 4. The summed E-state index contributed by atoms with van der Waals surface area (Å²) in [6.45, 7) is 6.03. The average molecular weight is 599 g/mol. The van der Waals surface area contributed by atoms with Crippen LogP contribution in [0.2, 0.25) is 0 Å². The second-order valence-corrected chi connectivity index (χ2v) is 10.9. The monoisotopic (exact) mass is 598 g/mol. The Labute approximate surface area is 264 Å². The molecular weight excluding hydrogens is 560 g/mol. The largest absolute Gasteiger partial charge is 0.366 e. The van der Waals surface area contributed by atoms with Crippen LogP contribution >= 0.6 is 0 Å². The number of hydrogen-bond acceptors (Lipinski definition) is 6. The van der Waals surface area contributed by atoms with Crippen molar-refractivity contribution in [1.82, 2.24) is 0 Å². The smallest absolute Gasteiger partial charge is 0.241 e. The Balaban J connectivity index is 0.000000260. The van der Waals surface area contributed by atoms with E-state index in [0.29, 0.717) is 22.3 Å². The van der Waals surface area contributed by atoms with Gasteiger partial charge in [-0.1, -0.05) is 118 Å². The van der Waals surface area contributed by atoms with Crippen molar-refractivity contribution < 1.29 is 9.59 Å². The number of nitriles is 2. The van der Waals surface area contributed by atoms with Crippen LogP contribution in [0.15, 0.2) is 109 Å². The van der Waals surface area contributed by atoms with Crippen molar-refractivity contribution in [3.05, 3.63) is 131 Å². The standard InChI is InChI=1S/2C16H12N2O.C5H14N2/c2*17-11-15-13(9-10-16(18)19)7-4-8-14(15)12-5-2-1-3-6-12;1-5(2,3)4(6)7/h2*1-10H,(H2,18,19);4H,6-7H2,1-3H3. The van der Waals surface area contributed by atoms with Gasteiger partial charge >= 0.3 is 0 Å². The summed E-state index contributed by atoms with van der Waals surface area (Å²) in [5, 5.41) is 18.7. The zero-order valence-electron chi connectivity index (χ0n) is 25.6. The number of carbonyl (C=O) groups is 2. The number of nitrogens with two attached hydrogens (primary N) is 4. The Hall–Kier alpha value is -5.80. The number of rotatable bonds is 6. The summed E-state index contributed by atoms with van der Waals surface area (Å²) in [5.74, 6) is -1.07. The van der Waals surface area contributed by atoms with Gasteiger partial charge in [0.15, 0.2) is 0 Å². The van der Waals surface area contributed by atoms with Crippen LogP contribution in [-0.4, -0.2) is 18.0 Å². The van der Waals surface area contributed by atoms with Gasteiger partial charge < -0.3 is 22.9 Å². The van der Waals surface area contributed by atoms with Crippen LogP contribution in [-0.2, 0) is 9.59 Å². The zero-order valence-corrected chi connectivity index (χ0v) is 25.6. The molecule has 8 nitrogen and oxygen atoms in total. The fourth-order valence-electron chi connectivity index (χ4n) is 3.73. The number of hydrogen-bond donors (Lipinski definition) is 4. The molecule has 45 heavy (non-hydrogen) atoms. The van der Waals surface area contributed by atoms with Crippen LogP contribution in [0.5, 0.6) is 0 Å². The van der Waals surface area contributed by atoms with Gasteiger partial charge in [-0.2, -0.15) is 10.5 Å². The van der Waals surface area contributed by atoms with E-state index in [1.807, 2.05) is 106 Å². The van der Waals surface area contributed by atoms with E-state index in [4.69, 9.17) is 22.9 Å². The topological polar surface area (TPSA) is 186 Å². The van der Waals surface area contributed by atoms with Crippen molar-refractivity contribution in [2.45, 2.75) is 26.9 Å². The van der Waals surface area contributed by atoms with Gasteiger partial charge in [-0.25, -0.2) is 0 Å². The average Bonchev–Trinajstić information content (AvgIpc) is 3.03. The summed E-state index contributed by atoms with van der Waals surface area (Å²) in [5.41, 5.74) is 26.9. The summed E-state index contributed by atoms with van der Waals surface area (Å²) in [4.78, 5) is 21.6. The molecule has 0 bridgehead atoms. The summed E-state index contributed by atoms with van der Waals surface area (Å²) in [6, 6.07) is 34.7. The molecule has 0 aliphatic heterocycles. The molecule has 0 radical (unpaired) electrons. The third kappa shape index (κ3) is 11.4. The zero-order chi connectivity index (χ0) is 33.4. The van der Waals surface area contributed by atoms with Crippen LogP contribution in [0.4, 0.5) is 0 Å². The van der Waals surface area contributed by atoms with Crippen LogP contribution in [0.25, 0.3) is 34.4 Å². The van der Waals surface area contributed by atoms with Crippen molar-refractivity contribution >= 4 is 24.0 Å². The van der Waals surface area contributed by atoms with Crippen molar-refractivity contribution in [2.75, 3.05) is 0 Å². The first kappa shape index (κ1) is 35.4. The highest BCUT2D eigenvalue weighted by Crippen LogP contribution is 2.27. The predicted octanol–water partition coefficient (Wildman–Crippen LogP) is 5.72. The second kappa shape index (κ2) is 17.3. The van der Waals surface area contributed by atoms with Crippen molar-refractivity contribution in [3.8, 4) is 34.4 Å². The molecule has 0 aromatic heterocycles. The lowest BCUT2D eigenvalue weighted by atomic mass is 9.94. The molecule has 8 N–H and O–H groups in total. The minimum absolute atomic E-state index is 0.0556. The number of carbonyl (C=O) groups excluding carboxylic acids is 2. The molecule has 4 aromatic carbocycles. The molecule has 0 heterocycles. The maximum atomic E-state index is 10.8. The summed E-state index contributed by atoms with van der Waals surface area (Å²) < 4.78 is 0. The van der Waals surface area contributed by atoms with Gasteiger partial charge in [0.2, 0.25) is 11.8 Å². The van der Waals surface area contributed by atoms with E-state index in [2.05, 4.69) is 12.1 Å². The normalized spacial score (nSPS) is 10.7. The third-order valence-corrected chi connectivity index (χ3v) is 6.44. The van der Waals surface area contributed by atoms with Gasteiger partial charge in [0.1, 0.15) is 12.1 Å². The highest BCUT2D eigenvalue weighted by atomic mass is 16.1. The highest BCUT2D eigenvalue weighted by molar-refractivity contribution is 5.92. The first-order chi connectivity index (χ1) is 21.4. The molecule has 0 saturated heterocycles. The minimum Gasteiger partial charge on any atom is -0.366 e. The van der Waals surface area contributed by atoms with E-state index < -0.39 is 11.8 Å². The summed E-state index contributed by atoms with van der Waals surface area (Å²) in [7, 11) is 0. The van der Waals surface area contributed by atoms with Crippen LogP contribution in [0.1, 0.15) is 43.0 Å². The quantitative estimate of drug-likeness (QED) is 0.162. The fourth-order valence-corrected chi connectivity index (χ4v) is 3.73. The first-order valence-electron chi connectivity index (χ1n) is 14.0. The van der Waals surface area contributed by atoms with Crippen molar-refractivity contribution in [3.63, 3.8) is 0 Å². The van der Waals surface area contributed by atoms with Gasteiger partial charge in [-0.15, -0.1) is 0 Å². The molecule has 0 aliphatic carbocycles. The Morgan fingerprint density at radius 2 is 0.956 bits per heavy atom. The van der Waals surface area contributed by atoms with Crippen LogP contribution < -0.4 is 22.9 Å². The van der Waals surface area contributed by atoms with Gasteiger partial charge in [-0.3, -0.25) is 9.59 Å². The molecule has 0 unspecified atom stereocenters. The van der Waals surface area contributed by atoms with E-state index in [0.717, 1.165) is 22.3 Å². The van der Waals surface area contributed by atoms with Gasteiger partial charge in [0.25, 0.3) is 0 Å². The second-order valence-electron chi connectivity index (χ2n) is 10.9. The van der Waals surface area contributed by atoms with Gasteiger partial charge in [-0.05, 0) is 39.8 Å². The Kier molecular flexibility index (Phi) is 13.6. The molecule has 0 saturated carbocycles. The lowest BCUT2D eigenvalue weighted by molar-refractivity contribution is -0.114. The lowest BCUT2D eigenvalue weighted by Crippen LogP contribution is -2.42. The summed E-state index contributed by atoms with van der Waals surface area (Å²) in [6.07, 6.45) is 5.43. The third-order valence-electron chi connectivity index (χ3n) is 6.44. The number of nitrogens with zero attached hydrogens (tertiary/aromatic N) is 2. The SMILES string of the molecule is CC(C)(C)C(N)N.N#Cc1c(C=CC(N)=O)cccc1-c1ccccc1.N#Cc1c(C=CC(N)=O)cccc1-c1ccccc1. The highest BCUT2D eigenvalue weighted by Gasteiger charge is 2.15. The van der Waals surface area contributed by atoms with Gasteiger partial charge in [0.05, 0.1) is 17.3 Å². The van der Waals surface area contributed by atoms with Gasteiger partial charge in [0, 0.05) is 23.3 Å². The van der Waals surface area contributed by atoms with E-state index in [-0.39, 0.29) is 11.6 Å². The number of primary amides is 2. The number of amides is 2. The fraction of sp³-hybridized carbons (Fsp3) is 0.135. The van der Waals surface area contributed by atoms with E-state index >= 15 is 0 Å². The Bertz CT molecular complexity index is 1600. The Morgan fingerprint density at radius 1 is 0.622 bits per heavy atom. The van der Waals surface area contributed by atoms with E-state index in [1.165, 1.54) is 12.2 Å². The molecule has 8 heteroatoms.